The highest BCUT2D eigenvalue weighted by atomic mass is 16.5. The summed E-state index contributed by atoms with van der Waals surface area (Å²) in [5.41, 5.74) is 11.8. The number of nitrogens with zero attached hydrogens (tertiary/aromatic N) is 7. The molecule has 1 amide bonds. The van der Waals surface area contributed by atoms with Crippen LogP contribution >= 0.6 is 0 Å². The Balaban J connectivity index is 1.17. The first-order valence-electron chi connectivity index (χ1n) is 17.4. The molecule has 6 heterocycles. The van der Waals surface area contributed by atoms with Crippen molar-refractivity contribution in [1.82, 2.24) is 24.8 Å². The predicted octanol–water partition coefficient (Wildman–Crippen LogP) is 4.23. The van der Waals surface area contributed by atoms with Gasteiger partial charge in [0.05, 0.1) is 5.69 Å². The fourth-order valence-electron chi connectivity index (χ4n) is 7.96. The number of rotatable bonds is 8. The number of hydrogen-bond donors (Lipinski definition) is 2. The molecule has 1 aromatic carbocycles. The van der Waals surface area contributed by atoms with Crippen LogP contribution in [0.2, 0.25) is 0 Å². The maximum Gasteiger partial charge on any atom is 0.271 e. The molecule has 4 aliphatic heterocycles. The van der Waals surface area contributed by atoms with Gasteiger partial charge in [-0.1, -0.05) is 13.0 Å². The van der Waals surface area contributed by atoms with E-state index in [1.807, 2.05) is 19.1 Å². The minimum atomic E-state index is -0.624. The average molecular weight is 640 g/mol. The van der Waals surface area contributed by atoms with Crippen LogP contribution in [0.5, 0.6) is 0 Å². The lowest BCUT2D eigenvalue weighted by Crippen LogP contribution is -2.63. The van der Waals surface area contributed by atoms with E-state index in [-0.39, 0.29) is 11.2 Å². The Labute approximate surface area is 278 Å². The lowest BCUT2D eigenvalue weighted by atomic mass is 9.77. The van der Waals surface area contributed by atoms with E-state index >= 15 is 0 Å². The van der Waals surface area contributed by atoms with Crippen molar-refractivity contribution in [3.05, 3.63) is 53.3 Å². The number of carbonyl (C=O) groups excluding carboxylic acids is 1. The van der Waals surface area contributed by atoms with E-state index in [4.69, 9.17) is 20.4 Å². The Morgan fingerprint density at radius 2 is 1.77 bits per heavy atom. The highest BCUT2D eigenvalue weighted by Gasteiger charge is 2.47. The van der Waals surface area contributed by atoms with Crippen LogP contribution in [-0.2, 0) is 11.2 Å². The Bertz CT molecular complexity index is 1590. The second-order valence-electron chi connectivity index (χ2n) is 13.7. The van der Waals surface area contributed by atoms with Crippen LogP contribution in [0.4, 0.5) is 23.0 Å². The fraction of sp³-hybridized carbons (Fsp3) is 0.556. The van der Waals surface area contributed by atoms with Gasteiger partial charge >= 0.3 is 0 Å². The molecule has 0 bridgehead atoms. The smallest absolute Gasteiger partial charge is 0.271 e. The summed E-state index contributed by atoms with van der Waals surface area (Å²) in [5, 5.41) is 3.47. The molecule has 0 radical (unpaired) electrons. The highest BCUT2D eigenvalue weighted by Crippen LogP contribution is 2.45. The molecule has 4 fully saturated rings. The molecule has 47 heavy (non-hydrogen) atoms. The third kappa shape index (κ3) is 6.28. The monoisotopic (exact) mass is 639 g/mol. The van der Waals surface area contributed by atoms with Gasteiger partial charge in [-0.05, 0) is 87.9 Å². The van der Waals surface area contributed by atoms with Crippen LogP contribution in [0, 0.1) is 6.92 Å². The van der Waals surface area contributed by atoms with Gasteiger partial charge in [-0.3, -0.25) is 14.7 Å². The summed E-state index contributed by atoms with van der Waals surface area (Å²) in [5.74, 6) is 0.492. The Kier molecular flexibility index (Phi) is 9.04. The standard InChI is InChI=1S/C36H49N9O2/c1-4-26-24-27(7-8-29(26)44-15-9-28(10-16-44)43-20-18-42(3)19-21-43)39-34-32(33(37)46)40-31(30-25(2)6-5-14-38-30)35(41-34)45-17-11-36(45)12-22-47-23-13-36/h5-8,14,24,28H,4,9-13,15-23H2,1-3H3,(H2,37,46)(H,39,41). The van der Waals surface area contributed by atoms with Gasteiger partial charge in [-0.2, -0.15) is 0 Å². The van der Waals surface area contributed by atoms with E-state index in [1.165, 1.54) is 37.2 Å². The third-order valence-corrected chi connectivity index (χ3v) is 11.0. The number of anilines is 4. The summed E-state index contributed by atoms with van der Waals surface area (Å²) in [7, 11) is 2.22. The van der Waals surface area contributed by atoms with Gasteiger partial charge in [-0.15, -0.1) is 0 Å². The summed E-state index contributed by atoms with van der Waals surface area (Å²) in [4.78, 5) is 37.7. The number of piperidine rings is 1. The number of piperazine rings is 1. The third-order valence-electron chi connectivity index (χ3n) is 11.0. The maximum absolute atomic E-state index is 12.9. The van der Waals surface area contributed by atoms with Crippen molar-refractivity contribution < 1.29 is 9.53 Å². The summed E-state index contributed by atoms with van der Waals surface area (Å²) in [6, 6.07) is 11.1. The zero-order valence-corrected chi connectivity index (χ0v) is 28.2. The SMILES string of the molecule is CCc1cc(Nc2nc(N3CCC34CCOCC4)c(-c3ncccc3C)nc2C(N)=O)ccc1N1CCC(N2CCN(C)CC2)CC1. The molecular formula is C36H49N9O2. The van der Waals surface area contributed by atoms with Gasteiger partial charge in [0.15, 0.2) is 17.3 Å². The van der Waals surface area contributed by atoms with Crippen LogP contribution in [0.3, 0.4) is 0 Å². The minimum absolute atomic E-state index is 0.0231. The molecule has 0 saturated carbocycles. The normalized spacial score (nSPS) is 20.7. The molecule has 0 atom stereocenters. The zero-order chi connectivity index (χ0) is 32.5. The molecule has 0 unspecified atom stereocenters. The number of nitrogens with one attached hydrogen (secondary N) is 1. The molecule has 11 heteroatoms. The molecule has 3 aromatic rings. The molecule has 7 rings (SSSR count). The average Bonchev–Trinajstić information content (AvgIpc) is 3.09. The molecular weight excluding hydrogens is 590 g/mol. The van der Waals surface area contributed by atoms with E-state index in [0.29, 0.717) is 23.2 Å². The first-order valence-corrected chi connectivity index (χ1v) is 17.4. The number of hydrogen-bond acceptors (Lipinski definition) is 10. The topological polar surface area (TPSA) is 116 Å². The number of primary amides is 1. The van der Waals surface area contributed by atoms with Crippen LogP contribution in [0.15, 0.2) is 36.5 Å². The maximum atomic E-state index is 12.9. The first-order chi connectivity index (χ1) is 22.8. The predicted molar refractivity (Wildman–Crippen MR) is 187 cm³/mol. The van der Waals surface area contributed by atoms with Crippen molar-refractivity contribution in [1.29, 1.82) is 0 Å². The lowest BCUT2D eigenvalue weighted by Gasteiger charge is -2.55. The van der Waals surface area contributed by atoms with Crippen molar-refractivity contribution in [2.24, 2.45) is 5.73 Å². The Hall–Kier alpha value is -3.80. The quantitative estimate of drug-likeness (QED) is 0.371. The second-order valence-corrected chi connectivity index (χ2v) is 13.7. The molecule has 4 aliphatic rings. The Morgan fingerprint density at radius 1 is 1.00 bits per heavy atom. The summed E-state index contributed by atoms with van der Waals surface area (Å²) in [6.07, 6.45) is 7.99. The molecule has 1 spiro atoms. The van der Waals surface area contributed by atoms with Crippen molar-refractivity contribution in [2.45, 2.75) is 64.0 Å². The van der Waals surface area contributed by atoms with Gasteiger partial charge in [-0.25, -0.2) is 9.97 Å². The van der Waals surface area contributed by atoms with E-state index < -0.39 is 5.91 Å². The number of nitrogens with two attached hydrogens (primary N) is 1. The van der Waals surface area contributed by atoms with Crippen molar-refractivity contribution in [2.75, 3.05) is 81.2 Å². The van der Waals surface area contributed by atoms with Crippen molar-refractivity contribution >= 4 is 28.9 Å². The van der Waals surface area contributed by atoms with E-state index in [0.717, 1.165) is 88.7 Å². The van der Waals surface area contributed by atoms with Gasteiger partial charge in [0.25, 0.3) is 5.91 Å². The van der Waals surface area contributed by atoms with Crippen molar-refractivity contribution in [3.8, 4) is 11.4 Å². The molecule has 250 valence electrons. The molecule has 2 aromatic heterocycles. The summed E-state index contributed by atoms with van der Waals surface area (Å²) in [6.45, 7) is 13.3. The van der Waals surface area contributed by atoms with E-state index in [2.05, 4.69) is 62.1 Å². The van der Waals surface area contributed by atoms with E-state index in [1.54, 1.807) is 6.20 Å². The number of likely N-dealkylation sites (N-methyl/N-ethyl adjacent to an activating group) is 1. The van der Waals surface area contributed by atoms with Crippen LogP contribution in [0.1, 0.15) is 60.6 Å². The number of amides is 1. The van der Waals surface area contributed by atoms with Gasteiger partial charge in [0, 0.05) is 88.2 Å². The van der Waals surface area contributed by atoms with Crippen LogP contribution < -0.4 is 20.9 Å². The van der Waals surface area contributed by atoms with Crippen LogP contribution in [0.25, 0.3) is 11.4 Å². The number of benzene rings is 1. The van der Waals surface area contributed by atoms with Gasteiger partial charge in [0.1, 0.15) is 5.69 Å². The number of carbonyl (C=O) groups is 1. The molecule has 11 nitrogen and oxygen atoms in total. The zero-order valence-electron chi connectivity index (χ0n) is 28.2. The second kappa shape index (κ2) is 13.4. The molecule has 4 saturated heterocycles. The summed E-state index contributed by atoms with van der Waals surface area (Å²) < 4.78 is 5.73. The molecule has 0 aliphatic carbocycles. The molecule has 3 N–H and O–H groups in total. The lowest BCUT2D eigenvalue weighted by molar-refractivity contribution is 0.0285. The first kappa shape index (κ1) is 31.8. The van der Waals surface area contributed by atoms with Gasteiger partial charge < -0.3 is 30.5 Å². The number of pyridine rings is 1. The fourth-order valence-corrected chi connectivity index (χ4v) is 7.96. The summed E-state index contributed by atoms with van der Waals surface area (Å²) >= 11 is 0. The van der Waals surface area contributed by atoms with Crippen molar-refractivity contribution in [3.63, 3.8) is 0 Å². The highest BCUT2D eigenvalue weighted by molar-refractivity contribution is 5.98. The van der Waals surface area contributed by atoms with E-state index in [9.17, 15) is 4.79 Å². The Morgan fingerprint density at radius 3 is 2.43 bits per heavy atom. The largest absolute Gasteiger partial charge is 0.381 e. The number of aryl methyl sites for hydroxylation is 2. The number of aromatic nitrogens is 3. The van der Waals surface area contributed by atoms with Crippen LogP contribution in [-0.4, -0.2) is 108 Å². The minimum Gasteiger partial charge on any atom is -0.381 e. The number of ether oxygens (including phenoxy) is 1. The van der Waals surface area contributed by atoms with Gasteiger partial charge in [0.2, 0.25) is 0 Å².